The first kappa shape index (κ1) is 11.5. The van der Waals surface area contributed by atoms with Gasteiger partial charge >= 0.3 is 5.76 Å². The molecule has 96 valence electrons. The summed E-state index contributed by atoms with van der Waals surface area (Å²) in [6.45, 7) is 5.07. The van der Waals surface area contributed by atoms with Gasteiger partial charge in [0.25, 0.3) is 0 Å². The Hall–Kier alpha value is -1.55. The third kappa shape index (κ3) is 1.77. The summed E-state index contributed by atoms with van der Waals surface area (Å²) < 4.78 is 6.98. The Kier molecular flexibility index (Phi) is 2.74. The number of nitrogens with zero attached hydrogens (tertiary/aromatic N) is 1. The summed E-state index contributed by atoms with van der Waals surface area (Å²) in [5.41, 5.74) is 2.83. The molecule has 2 aromatic rings. The maximum absolute atomic E-state index is 11.8. The van der Waals surface area contributed by atoms with E-state index in [0.29, 0.717) is 11.6 Å². The van der Waals surface area contributed by atoms with E-state index in [9.17, 15) is 4.79 Å². The molecule has 1 aromatic heterocycles. The Bertz CT molecular complexity index is 618. The lowest BCUT2D eigenvalue weighted by Crippen LogP contribution is -2.16. The predicted octanol–water partition coefficient (Wildman–Crippen LogP) is 2.60. The molecule has 1 aliphatic heterocycles. The fourth-order valence-corrected chi connectivity index (χ4v) is 2.73. The second-order valence-electron chi connectivity index (χ2n) is 5.21. The molecule has 1 aromatic carbocycles. The van der Waals surface area contributed by atoms with Crippen LogP contribution in [0.5, 0.6) is 0 Å². The van der Waals surface area contributed by atoms with Crippen molar-refractivity contribution in [2.75, 3.05) is 6.54 Å². The van der Waals surface area contributed by atoms with Crippen LogP contribution in [0.25, 0.3) is 11.1 Å². The van der Waals surface area contributed by atoms with Gasteiger partial charge in [-0.2, -0.15) is 0 Å². The highest BCUT2D eigenvalue weighted by molar-refractivity contribution is 5.74. The van der Waals surface area contributed by atoms with Crippen molar-refractivity contribution in [3.05, 3.63) is 34.3 Å². The van der Waals surface area contributed by atoms with Crippen molar-refractivity contribution in [2.45, 2.75) is 38.8 Å². The first-order valence-electron chi connectivity index (χ1n) is 6.55. The summed E-state index contributed by atoms with van der Waals surface area (Å²) >= 11 is 0. The standard InChI is InChI=1S/C14H18N2O2/c1-9(2)16-12-8-10(11-4-3-7-15-11)5-6-13(12)18-14(16)17/h5-6,8-9,11,15H,3-4,7H2,1-2H3. The molecule has 2 heterocycles. The lowest BCUT2D eigenvalue weighted by Gasteiger charge is -2.11. The molecule has 1 saturated heterocycles. The van der Waals surface area contributed by atoms with Crippen molar-refractivity contribution in [3.63, 3.8) is 0 Å². The Morgan fingerprint density at radius 1 is 1.44 bits per heavy atom. The minimum atomic E-state index is -0.267. The third-order valence-corrected chi connectivity index (χ3v) is 3.62. The summed E-state index contributed by atoms with van der Waals surface area (Å²) in [6.07, 6.45) is 2.38. The van der Waals surface area contributed by atoms with Gasteiger partial charge < -0.3 is 9.73 Å². The normalized spacial score (nSPS) is 20.1. The summed E-state index contributed by atoms with van der Waals surface area (Å²) in [6, 6.07) is 6.58. The molecule has 0 radical (unpaired) electrons. The van der Waals surface area contributed by atoms with Crippen LogP contribution in [0.3, 0.4) is 0 Å². The summed E-state index contributed by atoms with van der Waals surface area (Å²) in [7, 11) is 0. The Morgan fingerprint density at radius 2 is 2.28 bits per heavy atom. The molecule has 1 fully saturated rings. The van der Waals surface area contributed by atoms with E-state index in [0.717, 1.165) is 18.5 Å². The Labute approximate surface area is 106 Å². The number of aromatic nitrogens is 1. The minimum absolute atomic E-state index is 0.116. The number of benzene rings is 1. The second-order valence-corrected chi connectivity index (χ2v) is 5.21. The second kappa shape index (κ2) is 4.28. The van der Waals surface area contributed by atoms with Gasteiger partial charge in [0.05, 0.1) is 5.52 Å². The van der Waals surface area contributed by atoms with Crippen LogP contribution in [0.15, 0.2) is 27.4 Å². The summed E-state index contributed by atoms with van der Waals surface area (Å²) in [4.78, 5) is 11.8. The molecular formula is C14H18N2O2. The number of oxazole rings is 1. The first-order chi connectivity index (χ1) is 8.66. The van der Waals surface area contributed by atoms with Crippen molar-refractivity contribution in [2.24, 2.45) is 0 Å². The molecule has 0 saturated carbocycles. The highest BCUT2D eigenvalue weighted by atomic mass is 16.4. The molecule has 1 N–H and O–H groups in total. The fourth-order valence-electron chi connectivity index (χ4n) is 2.73. The molecule has 0 amide bonds. The highest BCUT2D eigenvalue weighted by Crippen LogP contribution is 2.26. The van der Waals surface area contributed by atoms with Crippen LogP contribution in [-0.4, -0.2) is 11.1 Å². The molecule has 0 bridgehead atoms. The van der Waals surface area contributed by atoms with Gasteiger partial charge in [-0.05, 0) is 50.9 Å². The lowest BCUT2D eigenvalue weighted by atomic mass is 10.0. The lowest BCUT2D eigenvalue weighted by molar-refractivity contribution is 0.478. The van der Waals surface area contributed by atoms with Crippen LogP contribution in [0.1, 0.15) is 44.3 Å². The van der Waals surface area contributed by atoms with Crippen LogP contribution in [0, 0.1) is 0 Å². The van der Waals surface area contributed by atoms with Gasteiger partial charge in [-0.25, -0.2) is 4.79 Å². The average molecular weight is 246 g/mol. The minimum Gasteiger partial charge on any atom is -0.408 e. The zero-order valence-corrected chi connectivity index (χ0v) is 10.8. The molecule has 0 spiro atoms. The van der Waals surface area contributed by atoms with E-state index in [-0.39, 0.29) is 11.8 Å². The van der Waals surface area contributed by atoms with Gasteiger partial charge in [-0.15, -0.1) is 0 Å². The smallest absolute Gasteiger partial charge is 0.408 e. The van der Waals surface area contributed by atoms with Crippen LogP contribution < -0.4 is 11.1 Å². The maximum Gasteiger partial charge on any atom is 0.420 e. The van der Waals surface area contributed by atoms with Crippen LogP contribution in [0.4, 0.5) is 0 Å². The van der Waals surface area contributed by atoms with E-state index in [2.05, 4.69) is 17.4 Å². The van der Waals surface area contributed by atoms with Crippen molar-refractivity contribution in [1.29, 1.82) is 0 Å². The SMILES string of the molecule is CC(C)n1c(=O)oc2ccc(C3CCCN3)cc21. The van der Waals surface area contributed by atoms with Crippen molar-refractivity contribution < 1.29 is 4.42 Å². The van der Waals surface area contributed by atoms with Crippen molar-refractivity contribution in [1.82, 2.24) is 9.88 Å². The monoisotopic (exact) mass is 246 g/mol. The first-order valence-corrected chi connectivity index (χ1v) is 6.55. The molecule has 0 aliphatic carbocycles. The van der Waals surface area contributed by atoms with Gasteiger partial charge in [-0.3, -0.25) is 4.57 Å². The number of nitrogens with one attached hydrogen (secondary N) is 1. The summed E-state index contributed by atoms with van der Waals surface area (Å²) in [5, 5.41) is 3.48. The quantitative estimate of drug-likeness (QED) is 0.886. The fraction of sp³-hybridized carbons (Fsp3) is 0.500. The number of hydrogen-bond acceptors (Lipinski definition) is 3. The zero-order chi connectivity index (χ0) is 12.7. The maximum atomic E-state index is 11.8. The van der Waals surface area contributed by atoms with Gasteiger partial charge in [0.1, 0.15) is 0 Å². The van der Waals surface area contributed by atoms with E-state index in [1.54, 1.807) is 4.57 Å². The molecule has 4 heteroatoms. The predicted molar refractivity (Wildman–Crippen MR) is 70.8 cm³/mol. The van der Waals surface area contributed by atoms with Crippen LogP contribution >= 0.6 is 0 Å². The van der Waals surface area contributed by atoms with E-state index in [1.807, 2.05) is 19.9 Å². The molecule has 1 unspecified atom stereocenters. The van der Waals surface area contributed by atoms with E-state index >= 15 is 0 Å². The largest absolute Gasteiger partial charge is 0.420 e. The molecule has 1 aliphatic rings. The molecule has 4 nitrogen and oxygen atoms in total. The number of fused-ring (bicyclic) bond motifs is 1. The zero-order valence-electron chi connectivity index (χ0n) is 10.8. The van der Waals surface area contributed by atoms with Crippen LogP contribution in [-0.2, 0) is 0 Å². The third-order valence-electron chi connectivity index (χ3n) is 3.62. The Morgan fingerprint density at radius 3 is 2.94 bits per heavy atom. The summed E-state index contributed by atoms with van der Waals surface area (Å²) in [5.74, 6) is -0.267. The topological polar surface area (TPSA) is 47.2 Å². The number of rotatable bonds is 2. The van der Waals surface area contributed by atoms with Gasteiger partial charge in [0.2, 0.25) is 0 Å². The number of hydrogen-bond donors (Lipinski definition) is 1. The van der Waals surface area contributed by atoms with Crippen LogP contribution in [0.2, 0.25) is 0 Å². The van der Waals surface area contributed by atoms with E-state index in [1.165, 1.54) is 12.0 Å². The molecule has 18 heavy (non-hydrogen) atoms. The van der Waals surface area contributed by atoms with E-state index in [4.69, 9.17) is 4.42 Å². The van der Waals surface area contributed by atoms with Gasteiger partial charge in [0.15, 0.2) is 5.58 Å². The molecule has 1 atom stereocenters. The Balaban J connectivity index is 2.15. The van der Waals surface area contributed by atoms with Crippen molar-refractivity contribution in [3.8, 4) is 0 Å². The molecular weight excluding hydrogens is 228 g/mol. The van der Waals surface area contributed by atoms with E-state index < -0.39 is 0 Å². The molecule has 3 rings (SSSR count). The average Bonchev–Trinajstić information content (AvgIpc) is 2.92. The van der Waals surface area contributed by atoms with Crippen molar-refractivity contribution >= 4 is 11.1 Å². The van der Waals surface area contributed by atoms with Gasteiger partial charge in [-0.1, -0.05) is 6.07 Å². The highest BCUT2D eigenvalue weighted by Gasteiger charge is 2.18. The van der Waals surface area contributed by atoms with Gasteiger partial charge in [0, 0.05) is 12.1 Å².